The van der Waals surface area contributed by atoms with Gasteiger partial charge in [0.1, 0.15) is 11.4 Å². The smallest absolute Gasteiger partial charge is 0.352 e. The van der Waals surface area contributed by atoms with Gasteiger partial charge in [-0.2, -0.15) is 0 Å². The number of rotatable bonds is 2. The fraction of sp³-hybridized carbons (Fsp3) is 0.250. The molecule has 0 saturated carbocycles. The third-order valence-electron chi connectivity index (χ3n) is 3.87. The van der Waals surface area contributed by atoms with Crippen molar-refractivity contribution in [1.29, 1.82) is 0 Å². The van der Waals surface area contributed by atoms with Crippen LogP contribution in [0, 0.1) is 39.5 Å². The van der Waals surface area contributed by atoms with Crippen molar-refractivity contribution in [2.45, 2.75) is 27.7 Å². The molecule has 0 radical (unpaired) electrons. The minimum absolute atomic E-state index is 0.118. The van der Waals surface area contributed by atoms with Crippen LogP contribution < -0.4 is 0 Å². The summed E-state index contributed by atoms with van der Waals surface area (Å²) in [4.78, 5) is 27.7. The van der Waals surface area contributed by atoms with E-state index in [1.54, 1.807) is 27.7 Å². The second-order valence-electron chi connectivity index (χ2n) is 5.11. The summed E-state index contributed by atoms with van der Waals surface area (Å²) in [5, 5.41) is 18.2. The highest BCUT2D eigenvalue weighted by Gasteiger charge is 2.16. The summed E-state index contributed by atoms with van der Waals surface area (Å²) in [6, 6.07) is 0. The molecule has 4 N–H and O–H groups in total. The zero-order chi connectivity index (χ0) is 16.6. The minimum atomic E-state index is -1.03. The van der Waals surface area contributed by atoms with Crippen LogP contribution in [0.5, 0.6) is 0 Å². The van der Waals surface area contributed by atoms with Gasteiger partial charge in [0.25, 0.3) is 0 Å². The Kier molecular flexibility index (Phi) is 3.83. The van der Waals surface area contributed by atoms with E-state index in [0.29, 0.717) is 22.5 Å². The largest absolute Gasteiger partial charge is 0.477 e. The number of H-pyrrole nitrogens is 2. The van der Waals surface area contributed by atoms with Gasteiger partial charge in [-0.3, -0.25) is 0 Å². The van der Waals surface area contributed by atoms with E-state index in [-0.39, 0.29) is 11.4 Å². The molecule has 0 aliphatic rings. The first kappa shape index (κ1) is 15.4. The maximum absolute atomic E-state index is 11.1. The van der Waals surface area contributed by atoms with Crippen LogP contribution in [-0.2, 0) is 0 Å². The van der Waals surface area contributed by atoms with Gasteiger partial charge in [-0.1, -0.05) is 0 Å². The molecule has 0 aromatic carbocycles. The number of hydrogen-bond acceptors (Lipinski definition) is 2. The first-order valence-corrected chi connectivity index (χ1v) is 6.61. The Labute approximate surface area is 127 Å². The summed E-state index contributed by atoms with van der Waals surface area (Å²) in [6.07, 6.45) is 0. The second kappa shape index (κ2) is 5.45. The number of carboxylic acids is 2. The maximum Gasteiger partial charge on any atom is 0.352 e. The number of hydrogen-bond donors (Lipinski definition) is 4. The van der Waals surface area contributed by atoms with Crippen LogP contribution in [0.1, 0.15) is 54.6 Å². The highest BCUT2D eigenvalue weighted by Crippen LogP contribution is 2.18. The average molecular weight is 300 g/mol. The Hall–Kier alpha value is -2.94. The normalized spacial score (nSPS) is 10.2. The van der Waals surface area contributed by atoms with Gasteiger partial charge in [-0.15, -0.1) is 0 Å². The van der Waals surface area contributed by atoms with Crippen molar-refractivity contribution in [1.82, 2.24) is 9.97 Å². The van der Waals surface area contributed by atoms with Crippen LogP contribution in [-0.4, -0.2) is 32.1 Å². The molecule has 0 atom stereocenters. The molecular weight excluding hydrogens is 284 g/mol. The van der Waals surface area contributed by atoms with E-state index < -0.39 is 11.9 Å². The molecule has 0 saturated heterocycles. The number of aromatic nitrogens is 2. The van der Waals surface area contributed by atoms with Crippen molar-refractivity contribution in [3.63, 3.8) is 0 Å². The molecule has 0 unspecified atom stereocenters. The predicted molar refractivity (Wildman–Crippen MR) is 80.4 cm³/mol. The van der Waals surface area contributed by atoms with E-state index in [4.69, 9.17) is 10.2 Å². The summed E-state index contributed by atoms with van der Waals surface area (Å²) >= 11 is 0. The molecule has 0 fully saturated rings. The lowest BCUT2D eigenvalue weighted by Gasteiger charge is -1.91. The molecule has 114 valence electrons. The van der Waals surface area contributed by atoms with E-state index in [9.17, 15) is 9.59 Å². The summed E-state index contributed by atoms with van der Waals surface area (Å²) in [7, 11) is 0. The molecule has 6 nitrogen and oxygen atoms in total. The van der Waals surface area contributed by atoms with Gasteiger partial charge < -0.3 is 20.2 Å². The predicted octanol–water partition coefficient (Wildman–Crippen LogP) is 2.37. The Morgan fingerprint density at radius 3 is 1.27 bits per heavy atom. The molecule has 0 aliphatic heterocycles. The standard InChI is InChI=1S/C16H16N2O4/c1-7-9(3)13(15(19)20)17-11(7)5-6-12-8(2)10(4)14(18-12)16(21)22/h17-18H,1-4H3,(H,19,20)(H,21,22). The molecule has 22 heavy (non-hydrogen) atoms. The van der Waals surface area contributed by atoms with E-state index in [1.165, 1.54) is 0 Å². The van der Waals surface area contributed by atoms with Crippen molar-refractivity contribution in [2.75, 3.05) is 0 Å². The summed E-state index contributed by atoms with van der Waals surface area (Å²) in [6.45, 7) is 7.01. The lowest BCUT2D eigenvalue weighted by Crippen LogP contribution is -1.98. The van der Waals surface area contributed by atoms with E-state index in [2.05, 4.69) is 21.8 Å². The van der Waals surface area contributed by atoms with Gasteiger partial charge in [-0.25, -0.2) is 9.59 Å². The number of nitrogens with one attached hydrogen (secondary N) is 2. The van der Waals surface area contributed by atoms with Crippen LogP contribution in [0.15, 0.2) is 0 Å². The molecule has 0 spiro atoms. The molecule has 0 aliphatic carbocycles. The molecule has 2 heterocycles. The monoisotopic (exact) mass is 300 g/mol. The zero-order valence-corrected chi connectivity index (χ0v) is 12.7. The molecule has 6 heteroatoms. The molecule has 0 amide bonds. The first-order chi connectivity index (χ1) is 10.2. The van der Waals surface area contributed by atoms with Crippen LogP contribution in [0.3, 0.4) is 0 Å². The molecule has 0 bridgehead atoms. The van der Waals surface area contributed by atoms with Crippen LogP contribution in [0.25, 0.3) is 0 Å². The van der Waals surface area contributed by atoms with Crippen molar-refractivity contribution in [3.8, 4) is 11.8 Å². The number of carboxylic acid groups (broad SMARTS) is 2. The summed E-state index contributed by atoms with van der Waals surface area (Å²) < 4.78 is 0. The van der Waals surface area contributed by atoms with Crippen molar-refractivity contribution >= 4 is 11.9 Å². The topological polar surface area (TPSA) is 106 Å². The van der Waals surface area contributed by atoms with E-state index in [0.717, 1.165) is 11.1 Å². The van der Waals surface area contributed by atoms with Crippen LogP contribution in [0.2, 0.25) is 0 Å². The Morgan fingerprint density at radius 2 is 1.05 bits per heavy atom. The summed E-state index contributed by atoms with van der Waals surface area (Å²) in [5.41, 5.74) is 4.08. The zero-order valence-electron chi connectivity index (χ0n) is 12.7. The number of carbonyl (C=O) groups is 2. The SMILES string of the molecule is Cc1c(C#Cc2[nH]c(C(=O)O)c(C)c2C)[nH]c(C(=O)O)c1C. The van der Waals surface area contributed by atoms with Gasteiger partial charge >= 0.3 is 11.9 Å². The number of aromatic carboxylic acids is 2. The number of aromatic amines is 2. The van der Waals surface area contributed by atoms with Gasteiger partial charge in [0.2, 0.25) is 0 Å². The molecule has 2 rings (SSSR count). The second-order valence-corrected chi connectivity index (χ2v) is 5.11. The highest BCUT2D eigenvalue weighted by atomic mass is 16.4. The van der Waals surface area contributed by atoms with Gasteiger partial charge in [0, 0.05) is 0 Å². The quantitative estimate of drug-likeness (QED) is 0.639. The van der Waals surface area contributed by atoms with Crippen molar-refractivity contribution in [2.24, 2.45) is 0 Å². The molecule has 2 aromatic heterocycles. The Morgan fingerprint density at radius 1 is 0.727 bits per heavy atom. The highest BCUT2D eigenvalue weighted by molar-refractivity contribution is 5.89. The third-order valence-corrected chi connectivity index (χ3v) is 3.87. The first-order valence-electron chi connectivity index (χ1n) is 6.61. The minimum Gasteiger partial charge on any atom is -0.477 e. The van der Waals surface area contributed by atoms with Gasteiger partial charge in [0.05, 0.1) is 11.4 Å². The third kappa shape index (κ3) is 2.49. The van der Waals surface area contributed by atoms with E-state index in [1.807, 2.05) is 0 Å². The molecule has 2 aromatic rings. The summed E-state index contributed by atoms with van der Waals surface area (Å²) in [5.74, 6) is 3.68. The fourth-order valence-electron chi connectivity index (χ4n) is 2.18. The van der Waals surface area contributed by atoms with Gasteiger partial charge in [-0.05, 0) is 61.8 Å². The lowest BCUT2D eigenvalue weighted by molar-refractivity contribution is 0.0679. The molecular formula is C16H16N2O4. The van der Waals surface area contributed by atoms with Crippen molar-refractivity contribution in [3.05, 3.63) is 45.0 Å². The van der Waals surface area contributed by atoms with E-state index >= 15 is 0 Å². The average Bonchev–Trinajstić information content (AvgIpc) is 2.89. The Bertz CT molecular complexity index is 776. The van der Waals surface area contributed by atoms with Crippen LogP contribution >= 0.6 is 0 Å². The fourth-order valence-corrected chi connectivity index (χ4v) is 2.18. The Balaban J connectivity index is 2.48. The van der Waals surface area contributed by atoms with Crippen molar-refractivity contribution < 1.29 is 19.8 Å². The maximum atomic E-state index is 11.1. The van der Waals surface area contributed by atoms with Crippen LogP contribution in [0.4, 0.5) is 0 Å². The lowest BCUT2D eigenvalue weighted by atomic mass is 10.1. The van der Waals surface area contributed by atoms with Gasteiger partial charge in [0.15, 0.2) is 0 Å².